The molecule has 1 aromatic carbocycles. The van der Waals surface area contributed by atoms with Crippen molar-refractivity contribution in [3.05, 3.63) is 80.8 Å². The molecule has 0 aliphatic heterocycles. The second-order valence-corrected chi connectivity index (χ2v) is 11.8. The molecule has 13 heteroatoms. The van der Waals surface area contributed by atoms with Gasteiger partial charge in [0, 0.05) is 24.4 Å². The summed E-state index contributed by atoms with van der Waals surface area (Å²) in [6, 6.07) is 11.9. The Balaban J connectivity index is 1.41. The van der Waals surface area contributed by atoms with Gasteiger partial charge >= 0.3 is 5.76 Å². The van der Waals surface area contributed by atoms with Crippen molar-refractivity contribution in [1.82, 2.24) is 25.4 Å². The number of hydrogen-bond acceptors (Lipinski definition) is 8. The largest absolute Gasteiger partial charge is 0.434 e. The van der Waals surface area contributed by atoms with Crippen LogP contribution in [0.4, 0.5) is 11.6 Å². The molecule has 1 aliphatic carbocycles. The number of rotatable bonds is 7. The number of nitrogens with zero attached hydrogens (tertiary/aromatic N) is 3. The Kier molecular flexibility index (Phi) is 6.62. The maximum atomic E-state index is 13.4. The molecule has 10 nitrogen and oxygen atoms in total. The van der Waals surface area contributed by atoms with Gasteiger partial charge in [-0.2, -0.15) is 5.10 Å². The maximum Gasteiger partial charge on any atom is 0.434 e. The molecular weight excluding hydrogens is 527 g/mol. The first kappa shape index (κ1) is 24.5. The van der Waals surface area contributed by atoms with Crippen molar-refractivity contribution in [1.29, 1.82) is 0 Å². The van der Waals surface area contributed by atoms with Crippen LogP contribution in [0.1, 0.15) is 37.3 Å². The van der Waals surface area contributed by atoms with Crippen molar-refractivity contribution in [2.45, 2.75) is 47.7 Å². The molecule has 0 saturated heterocycles. The molecule has 0 bridgehead atoms. The van der Waals surface area contributed by atoms with Crippen LogP contribution in [0.15, 0.2) is 62.8 Å². The number of sulfone groups is 1. The van der Waals surface area contributed by atoms with E-state index in [1.807, 2.05) is 18.2 Å². The van der Waals surface area contributed by atoms with E-state index in [0.717, 1.165) is 5.69 Å². The smallest absolute Gasteiger partial charge is 0.392 e. The average molecular weight is 549 g/mol. The molecule has 3 aromatic heterocycles. The summed E-state index contributed by atoms with van der Waals surface area (Å²) >= 11 is 12.3. The lowest BCUT2D eigenvalue weighted by molar-refractivity contribution is 0.228. The maximum absolute atomic E-state index is 13.4. The Labute approximate surface area is 216 Å². The van der Waals surface area contributed by atoms with Crippen LogP contribution in [-0.2, 0) is 21.7 Å². The Morgan fingerprint density at radius 2 is 1.83 bits per heavy atom. The summed E-state index contributed by atoms with van der Waals surface area (Å²) in [7, 11) is -3.72. The lowest BCUT2D eigenvalue weighted by Crippen LogP contribution is -2.39. The molecule has 0 spiro atoms. The number of halogens is 2. The standard InChI is InChI=1S/C23H22Cl2N6O4S/c24-16-4-2-5-17(20(16)25)36(33,34)15-7-10-23(11-8-15,21-30-31-22(32)35-21)13-14-3-1-6-18(27-14)28-19-9-12-26-29-19/h1-6,9,12,15H,7-8,10-11,13H2,(H,31,32)(H2,26,27,28,29). The highest BCUT2D eigenvalue weighted by atomic mass is 35.5. The quantitative estimate of drug-likeness (QED) is 0.307. The van der Waals surface area contributed by atoms with E-state index in [9.17, 15) is 13.2 Å². The van der Waals surface area contributed by atoms with Gasteiger partial charge in [-0.15, -0.1) is 5.10 Å². The molecule has 188 valence electrons. The molecule has 0 amide bonds. The van der Waals surface area contributed by atoms with E-state index in [4.69, 9.17) is 27.6 Å². The molecule has 3 N–H and O–H groups in total. The Morgan fingerprint density at radius 3 is 2.53 bits per heavy atom. The molecule has 0 atom stereocenters. The fourth-order valence-electron chi connectivity index (χ4n) is 4.72. The molecule has 1 fully saturated rings. The molecule has 36 heavy (non-hydrogen) atoms. The van der Waals surface area contributed by atoms with Gasteiger partial charge in [-0.3, -0.25) is 5.10 Å². The number of H-pyrrole nitrogens is 2. The number of aromatic amines is 2. The van der Waals surface area contributed by atoms with Crippen LogP contribution in [-0.4, -0.2) is 39.0 Å². The fraction of sp³-hybridized carbons (Fsp3) is 0.304. The SMILES string of the molecule is O=c1[nH]nc(C2(Cc3cccc(Nc4cc[nH]n4)n3)CCC(S(=O)(=O)c3cccc(Cl)c3Cl)CC2)o1. The first-order chi connectivity index (χ1) is 17.3. The summed E-state index contributed by atoms with van der Waals surface area (Å²) in [5.74, 6) is 0.812. The number of pyridine rings is 1. The normalized spacial score (nSPS) is 20.3. The third kappa shape index (κ3) is 4.78. The van der Waals surface area contributed by atoms with Crippen LogP contribution < -0.4 is 11.1 Å². The van der Waals surface area contributed by atoms with Crippen molar-refractivity contribution >= 4 is 44.7 Å². The van der Waals surface area contributed by atoms with E-state index in [0.29, 0.717) is 43.7 Å². The van der Waals surface area contributed by atoms with Crippen LogP contribution in [0, 0.1) is 0 Å². The molecule has 4 aromatic rings. The van der Waals surface area contributed by atoms with Gasteiger partial charge in [-0.05, 0) is 49.9 Å². The van der Waals surface area contributed by atoms with Gasteiger partial charge in [-0.1, -0.05) is 35.3 Å². The zero-order chi connectivity index (χ0) is 25.3. The van der Waals surface area contributed by atoms with Crippen LogP contribution in [0.25, 0.3) is 0 Å². The van der Waals surface area contributed by atoms with Crippen molar-refractivity contribution in [3.8, 4) is 0 Å². The molecular formula is C23H22Cl2N6O4S. The van der Waals surface area contributed by atoms with Crippen molar-refractivity contribution in [3.63, 3.8) is 0 Å². The minimum absolute atomic E-state index is 0.0271. The van der Waals surface area contributed by atoms with Crippen molar-refractivity contribution in [2.24, 2.45) is 0 Å². The average Bonchev–Trinajstić information content (AvgIpc) is 3.53. The first-order valence-corrected chi connectivity index (χ1v) is 13.5. The molecule has 0 unspecified atom stereocenters. The number of aromatic nitrogens is 5. The second kappa shape index (κ2) is 9.72. The van der Waals surface area contributed by atoms with Crippen LogP contribution in [0.5, 0.6) is 0 Å². The Hall–Kier alpha value is -3.15. The zero-order valence-electron chi connectivity index (χ0n) is 18.9. The predicted molar refractivity (Wildman–Crippen MR) is 135 cm³/mol. The summed E-state index contributed by atoms with van der Waals surface area (Å²) in [4.78, 5) is 16.5. The zero-order valence-corrected chi connectivity index (χ0v) is 21.2. The van der Waals surface area contributed by atoms with E-state index < -0.39 is 26.3 Å². The van der Waals surface area contributed by atoms with Gasteiger partial charge < -0.3 is 9.73 Å². The van der Waals surface area contributed by atoms with E-state index in [1.165, 1.54) is 6.07 Å². The van der Waals surface area contributed by atoms with Crippen LogP contribution in [0.3, 0.4) is 0 Å². The van der Waals surface area contributed by atoms with Gasteiger partial charge in [-0.25, -0.2) is 23.3 Å². The second-order valence-electron chi connectivity index (χ2n) is 8.77. The van der Waals surface area contributed by atoms with E-state index in [-0.39, 0.29) is 20.8 Å². The fourth-order valence-corrected chi connectivity index (χ4v) is 7.24. The highest BCUT2D eigenvalue weighted by Crippen LogP contribution is 2.44. The third-order valence-corrected chi connectivity index (χ3v) is 9.76. The van der Waals surface area contributed by atoms with E-state index in [2.05, 4.69) is 30.7 Å². The summed E-state index contributed by atoms with van der Waals surface area (Å²) in [6.45, 7) is 0. The highest BCUT2D eigenvalue weighted by molar-refractivity contribution is 7.92. The number of hydrogen-bond donors (Lipinski definition) is 3. The summed E-state index contributed by atoms with van der Waals surface area (Å²) in [5.41, 5.74) is 0.0294. The van der Waals surface area contributed by atoms with Gasteiger partial charge in [0.1, 0.15) is 5.82 Å². The lowest BCUT2D eigenvalue weighted by Gasteiger charge is -2.37. The predicted octanol–water partition coefficient (Wildman–Crippen LogP) is 4.43. The number of anilines is 2. The Bertz CT molecular complexity index is 1530. The van der Waals surface area contributed by atoms with Crippen molar-refractivity contribution < 1.29 is 12.8 Å². The van der Waals surface area contributed by atoms with E-state index in [1.54, 1.807) is 24.4 Å². The lowest BCUT2D eigenvalue weighted by atomic mass is 9.70. The van der Waals surface area contributed by atoms with Crippen LogP contribution in [0.2, 0.25) is 10.0 Å². The molecule has 5 rings (SSSR count). The highest BCUT2D eigenvalue weighted by Gasteiger charge is 2.45. The summed E-state index contributed by atoms with van der Waals surface area (Å²) in [5, 5.41) is 15.9. The van der Waals surface area contributed by atoms with Gasteiger partial charge in [0.2, 0.25) is 5.89 Å². The van der Waals surface area contributed by atoms with Crippen LogP contribution >= 0.6 is 23.2 Å². The molecule has 1 saturated carbocycles. The topological polar surface area (TPSA) is 147 Å². The third-order valence-electron chi connectivity index (χ3n) is 6.53. The Morgan fingerprint density at radius 1 is 1.06 bits per heavy atom. The number of nitrogens with one attached hydrogen (secondary N) is 3. The monoisotopic (exact) mass is 548 g/mol. The summed E-state index contributed by atoms with van der Waals surface area (Å²) < 4.78 is 32.2. The molecule has 1 aliphatic rings. The van der Waals surface area contributed by atoms with Gasteiger partial charge in [0.05, 0.1) is 25.6 Å². The van der Waals surface area contributed by atoms with Crippen molar-refractivity contribution in [2.75, 3.05) is 5.32 Å². The summed E-state index contributed by atoms with van der Waals surface area (Å²) in [6.07, 6.45) is 3.59. The van der Waals surface area contributed by atoms with Gasteiger partial charge in [0.15, 0.2) is 15.7 Å². The first-order valence-electron chi connectivity index (χ1n) is 11.2. The molecule has 0 radical (unpaired) electrons. The van der Waals surface area contributed by atoms with Gasteiger partial charge in [0.25, 0.3) is 0 Å². The molecule has 3 heterocycles. The minimum Gasteiger partial charge on any atom is -0.392 e. The number of benzene rings is 1. The minimum atomic E-state index is -3.72. The van der Waals surface area contributed by atoms with E-state index >= 15 is 0 Å².